The highest BCUT2D eigenvalue weighted by atomic mass is 79.9. The Hall–Kier alpha value is -0.210. The average molecular weight is 317 g/mol. The summed E-state index contributed by atoms with van der Waals surface area (Å²) in [5.74, 6) is 0.936. The van der Waals surface area contributed by atoms with Crippen LogP contribution in [-0.2, 0) is 0 Å². The molecule has 0 aromatic heterocycles. The Kier molecular flexibility index (Phi) is 4.75. The standard InChI is InChI=1S/C14H19BrClN/c1-2-10-3-6-12(7-4-10)17-14-9-11(15)5-8-13(14)16/h5,8-10,12,17H,2-4,6-7H2,1H3. The van der Waals surface area contributed by atoms with Crippen LogP contribution in [0, 0.1) is 5.92 Å². The summed E-state index contributed by atoms with van der Waals surface area (Å²) < 4.78 is 1.08. The third kappa shape index (κ3) is 3.62. The van der Waals surface area contributed by atoms with Crippen LogP contribution in [0.25, 0.3) is 0 Å². The van der Waals surface area contributed by atoms with Crippen LogP contribution in [0.15, 0.2) is 22.7 Å². The van der Waals surface area contributed by atoms with Crippen LogP contribution in [-0.4, -0.2) is 6.04 Å². The van der Waals surface area contributed by atoms with Gasteiger partial charge in [-0.2, -0.15) is 0 Å². The highest BCUT2D eigenvalue weighted by Gasteiger charge is 2.20. The Morgan fingerprint density at radius 2 is 2.00 bits per heavy atom. The maximum atomic E-state index is 6.19. The van der Waals surface area contributed by atoms with Gasteiger partial charge in [-0.1, -0.05) is 40.9 Å². The fraction of sp³-hybridized carbons (Fsp3) is 0.571. The molecule has 0 bridgehead atoms. The molecule has 1 aliphatic rings. The second-order valence-corrected chi connectivity index (χ2v) is 6.22. The van der Waals surface area contributed by atoms with Gasteiger partial charge in [-0.25, -0.2) is 0 Å². The molecule has 0 heterocycles. The van der Waals surface area contributed by atoms with Crippen LogP contribution in [0.5, 0.6) is 0 Å². The van der Waals surface area contributed by atoms with Crippen LogP contribution in [0.1, 0.15) is 39.0 Å². The summed E-state index contributed by atoms with van der Waals surface area (Å²) in [6.45, 7) is 2.30. The van der Waals surface area contributed by atoms with E-state index in [0.29, 0.717) is 6.04 Å². The molecule has 1 aliphatic carbocycles. The highest BCUT2D eigenvalue weighted by molar-refractivity contribution is 9.10. The van der Waals surface area contributed by atoms with Crippen molar-refractivity contribution >= 4 is 33.2 Å². The monoisotopic (exact) mass is 315 g/mol. The van der Waals surface area contributed by atoms with Gasteiger partial charge in [0.25, 0.3) is 0 Å². The first-order chi connectivity index (χ1) is 8.19. The quantitative estimate of drug-likeness (QED) is 0.778. The smallest absolute Gasteiger partial charge is 0.0638 e. The van der Waals surface area contributed by atoms with E-state index in [0.717, 1.165) is 21.1 Å². The van der Waals surface area contributed by atoms with Crippen LogP contribution in [0.4, 0.5) is 5.69 Å². The van der Waals surface area contributed by atoms with Gasteiger partial charge in [-0.15, -0.1) is 0 Å². The molecule has 17 heavy (non-hydrogen) atoms. The van der Waals surface area contributed by atoms with Crippen LogP contribution < -0.4 is 5.32 Å². The molecular formula is C14H19BrClN. The Morgan fingerprint density at radius 1 is 1.29 bits per heavy atom. The normalized spacial score (nSPS) is 24.6. The van der Waals surface area contributed by atoms with Crippen molar-refractivity contribution in [2.24, 2.45) is 5.92 Å². The minimum absolute atomic E-state index is 0.588. The van der Waals surface area contributed by atoms with E-state index in [4.69, 9.17) is 11.6 Å². The van der Waals surface area contributed by atoms with E-state index in [1.54, 1.807) is 0 Å². The summed E-state index contributed by atoms with van der Waals surface area (Å²) in [4.78, 5) is 0. The van der Waals surface area contributed by atoms with Crippen molar-refractivity contribution in [3.63, 3.8) is 0 Å². The first kappa shape index (κ1) is 13.2. The predicted molar refractivity (Wildman–Crippen MR) is 78.8 cm³/mol. The third-order valence-electron chi connectivity index (χ3n) is 3.71. The molecule has 1 saturated carbocycles. The molecule has 0 unspecified atom stereocenters. The summed E-state index contributed by atoms with van der Waals surface area (Å²) in [6.07, 6.45) is 6.55. The molecule has 3 heteroatoms. The first-order valence-corrected chi connectivity index (χ1v) is 7.57. The maximum absolute atomic E-state index is 6.19. The fourth-order valence-corrected chi connectivity index (χ4v) is 3.08. The summed E-state index contributed by atoms with van der Waals surface area (Å²) >= 11 is 9.67. The lowest BCUT2D eigenvalue weighted by atomic mass is 9.84. The number of hydrogen-bond acceptors (Lipinski definition) is 1. The molecule has 1 N–H and O–H groups in total. The van der Waals surface area contributed by atoms with Gasteiger partial charge in [0.1, 0.15) is 0 Å². The average Bonchev–Trinajstić information content (AvgIpc) is 2.35. The maximum Gasteiger partial charge on any atom is 0.0638 e. The molecule has 1 fully saturated rings. The van der Waals surface area contributed by atoms with Crippen LogP contribution >= 0.6 is 27.5 Å². The zero-order valence-electron chi connectivity index (χ0n) is 10.2. The van der Waals surface area contributed by atoms with Gasteiger partial charge in [-0.3, -0.25) is 0 Å². The Labute approximate surface area is 117 Å². The van der Waals surface area contributed by atoms with Crippen molar-refractivity contribution in [2.45, 2.75) is 45.1 Å². The van der Waals surface area contributed by atoms with Crippen molar-refractivity contribution in [3.8, 4) is 0 Å². The van der Waals surface area contributed by atoms with E-state index in [9.17, 15) is 0 Å². The topological polar surface area (TPSA) is 12.0 Å². The number of rotatable bonds is 3. The van der Waals surface area contributed by atoms with Gasteiger partial charge >= 0.3 is 0 Å². The summed E-state index contributed by atoms with van der Waals surface area (Å²) in [5.41, 5.74) is 1.06. The van der Waals surface area contributed by atoms with Gasteiger partial charge in [0.2, 0.25) is 0 Å². The minimum atomic E-state index is 0.588. The Balaban J connectivity index is 1.95. The van der Waals surface area contributed by atoms with Gasteiger partial charge < -0.3 is 5.32 Å². The number of halogens is 2. The third-order valence-corrected chi connectivity index (χ3v) is 4.53. The molecule has 0 atom stereocenters. The van der Waals surface area contributed by atoms with Crippen molar-refractivity contribution < 1.29 is 0 Å². The van der Waals surface area contributed by atoms with E-state index in [2.05, 4.69) is 34.2 Å². The van der Waals surface area contributed by atoms with Gasteiger partial charge in [0, 0.05) is 10.5 Å². The lowest BCUT2D eigenvalue weighted by Gasteiger charge is -2.29. The predicted octanol–water partition coefficient (Wildman–Crippen LogP) is 5.48. The first-order valence-electron chi connectivity index (χ1n) is 6.40. The molecule has 2 rings (SSSR count). The molecule has 0 amide bonds. The molecule has 94 valence electrons. The van der Waals surface area contributed by atoms with Crippen molar-refractivity contribution in [3.05, 3.63) is 27.7 Å². The fourth-order valence-electron chi connectivity index (χ4n) is 2.54. The van der Waals surface area contributed by atoms with E-state index in [-0.39, 0.29) is 0 Å². The highest BCUT2D eigenvalue weighted by Crippen LogP contribution is 2.31. The molecule has 0 aliphatic heterocycles. The SMILES string of the molecule is CCC1CCC(Nc2cc(Br)ccc2Cl)CC1. The van der Waals surface area contributed by atoms with Crippen molar-refractivity contribution in [1.82, 2.24) is 0 Å². The molecule has 1 nitrogen and oxygen atoms in total. The summed E-state index contributed by atoms with van der Waals surface area (Å²) in [7, 11) is 0. The Morgan fingerprint density at radius 3 is 2.65 bits per heavy atom. The number of anilines is 1. The second kappa shape index (κ2) is 6.10. The van der Waals surface area contributed by atoms with Crippen molar-refractivity contribution in [2.75, 3.05) is 5.32 Å². The van der Waals surface area contributed by atoms with Gasteiger partial charge in [0.15, 0.2) is 0 Å². The zero-order valence-corrected chi connectivity index (χ0v) is 12.5. The number of nitrogens with one attached hydrogen (secondary N) is 1. The molecular weight excluding hydrogens is 298 g/mol. The summed E-state index contributed by atoms with van der Waals surface area (Å²) in [5, 5.41) is 4.38. The van der Waals surface area contributed by atoms with E-state index in [1.165, 1.54) is 32.1 Å². The van der Waals surface area contributed by atoms with Crippen LogP contribution in [0.3, 0.4) is 0 Å². The van der Waals surface area contributed by atoms with E-state index in [1.807, 2.05) is 12.1 Å². The molecule has 0 spiro atoms. The van der Waals surface area contributed by atoms with Gasteiger partial charge in [-0.05, 0) is 49.8 Å². The molecule has 0 radical (unpaired) electrons. The molecule has 0 saturated heterocycles. The molecule has 1 aromatic rings. The summed E-state index contributed by atoms with van der Waals surface area (Å²) in [6, 6.07) is 6.56. The lowest BCUT2D eigenvalue weighted by molar-refractivity contribution is 0.330. The van der Waals surface area contributed by atoms with Gasteiger partial charge in [0.05, 0.1) is 10.7 Å². The van der Waals surface area contributed by atoms with E-state index >= 15 is 0 Å². The second-order valence-electron chi connectivity index (χ2n) is 4.89. The zero-order chi connectivity index (χ0) is 12.3. The Bertz CT molecular complexity index is 372. The number of benzene rings is 1. The van der Waals surface area contributed by atoms with Crippen molar-refractivity contribution in [1.29, 1.82) is 0 Å². The largest absolute Gasteiger partial charge is 0.381 e. The minimum Gasteiger partial charge on any atom is -0.381 e. The molecule has 1 aromatic carbocycles. The number of hydrogen-bond donors (Lipinski definition) is 1. The van der Waals surface area contributed by atoms with E-state index < -0.39 is 0 Å². The van der Waals surface area contributed by atoms with Crippen LogP contribution in [0.2, 0.25) is 5.02 Å². The lowest BCUT2D eigenvalue weighted by Crippen LogP contribution is -2.26.